The van der Waals surface area contributed by atoms with Crippen LogP contribution in [0.2, 0.25) is 0 Å². The third-order valence-electron chi connectivity index (χ3n) is 5.47. The summed E-state index contributed by atoms with van der Waals surface area (Å²) in [5, 5.41) is 25.4. The Morgan fingerprint density at radius 1 is 1.18 bits per heavy atom. The van der Waals surface area contributed by atoms with E-state index in [9.17, 15) is 9.90 Å². The molecular formula is C20H20N6O2. The van der Waals surface area contributed by atoms with Crippen LogP contribution < -0.4 is 10.6 Å². The number of aromatic amines is 2. The number of benzene rings is 2. The van der Waals surface area contributed by atoms with Crippen LogP contribution in [-0.4, -0.2) is 43.7 Å². The number of hydrogen-bond acceptors (Lipinski definition) is 5. The van der Waals surface area contributed by atoms with Crippen molar-refractivity contribution in [1.82, 2.24) is 25.0 Å². The van der Waals surface area contributed by atoms with Gasteiger partial charge in [-0.05, 0) is 42.7 Å². The lowest BCUT2D eigenvalue weighted by Crippen LogP contribution is -2.16. The number of nitrogens with one attached hydrogen (secondary N) is 2. The predicted molar refractivity (Wildman–Crippen MR) is 107 cm³/mol. The molecule has 28 heavy (non-hydrogen) atoms. The quantitative estimate of drug-likeness (QED) is 0.509. The van der Waals surface area contributed by atoms with Crippen molar-refractivity contribution in [2.45, 2.75) is 19.8 Å². The lowest BCUT2D eigenvalue weighted by atomic mass is 10.1. The molecular weight excluding hydrogens is 356 g/mol. The number of aromatic hydroxyl groups is 1. The molecule has 3 N–H and O–H groups in total. The van der Waals surface area contributed by atoms with Crippen molar-refractivity contribution < 1.29 is 5.11 Å². The molecule has 0 aliphatic carbocycles. The number of fused-ring (bicyclic) bond motifs is 2. The number of H-pyrrole nitrogens is 2. The van der Waals surface area contributed by atoms with Crippen LogP contribution >= 0.6 is 0 Å². The largest absolute Gasteiger partial charge is 0.507 e. The van der Waals surface area contributed by atoms with Crippen LogP contribution in [0.25, 0.3) is 28.0 Å². The molecule has 0 spiro atoms. The third kappa shape index (κ3) is 2.34. The van der Waals surface area contributed by atoms with Gasteiger partial charge < -0.3 is 10.0 Å². The normalized spacial score (nSPS) is 13.4. The Bertz CT molecular complexity index is 1270. The molecule has 8 heteroatoms. The summed E-state index contributed by atoms with van der Waals surface area (Å²) in [6, 6.07) is 9.38. The Morgan fingerprint density at radius 2 is 2.04 bits per heavy atom. The van der Waals surface area contributed by atoms with E-state index in [1.807, 2.05) is 31.2 Å². The highest BCUT2D eigenvalue weighted by atomic mass is 16.3. The van der Waals surface area contributed by atoms with Gasteiger partial charge in [0.05, 0.1) is 16.8 Å². The molecule has 4 aromatic rings. The summed E-state index contributed by atoms with van der Waals surface area (Å²) in [4.78, 5) is 14.8. The highest BCUT2D eigenvalue weighted by Gasteiger charge is 2.21. The van der Waals surface area contributed by atoms with E-state index < -0.39 is 0 Å². The van der Waals surface area contributed by atoms with Crippen molar-refractivity contribution >= 4 is 16.6 Å². The molecule has 0 atom stereocenters. The number of aromatic nitrogens is 5. The minimum absolute atomic E-state index is 0.0304. The molecule has 8 nitrogen and oxygen atoms in total. The molecule has 0 fully saturated rings. The summed E-state index contributed by atoms with van der Waals surface area (Å²) in [7, 11) is 2.06. The second-order valence-corrected chi connectivity index (χ2v) is 7.11. The van der Waals surface area contributed by atoms with Gasteiger partial charge in [-0.3, -0.25) is 5.10 Å². The van der Waals surface area contributed by atoms with Gasteiger partial charge in [-0.25, -0.2) is 14.5 Å². The molecule has 1 aliphatic heterocycles. The predicted octanol–water partition coefficient (Wildman–Crippen LogP) is 2.36. The van der Waals surface area contributed by atoms with E-state index in [1.54, 1.807) is 6.07 Å². The fourth-order valence-electron chi connectivity index (χ4n) is 3.96. The maximum atomic E-state index is 12.6. The monoisotopic (exact) mass is 376 g/mol. The number of phenolic OH excluding ortho intramolecular Hbond substituents is 1. The number of nitrogens with zero attached hydrogens (tertiary/aromatic N) is 4. The molecule has 0 radical (unpaired) electrons. The summed E-state index contributed by atoms with van der Waals surface area (Å²) < 4.78 is 1.51. The fraction of sp³-hybridized carbons (Fsp3) is 0.250. The zero-order valence-electron chi connectivity index (χ0n) is 15.7. The van der Waals surface area contributed by atoms with Gasteiger partial charge in [-0.1, -0.05) is 6.92 Å². The first-order valence-electron chi connectivity index (χ1n) is 9.29. The van der Waals surface area contributed by atoms with Gasteiger partial charge in [-0.15, -0.1) is 0 Å². The number of likely N-dealkylation sites (N-methyl/N-ethyl adjacent to an activating group) is 1. The van der Waals surface area contributed by atoms with E-state index in [1.165, 1.54) is 15.8 Å². The van der Waals surface area contributed by atoms with E-state index in [-0.39, 0.29) is 11.4 Å². The highest BCUT2D eigenvalue weighted by molar-refractivity contribution is 5.89. The van der Waals surface area contributed by atoms with E-state index in [0.717, 1.165) is 36.2 Å². The number of hydrogen-bond donors (Lipinski definition) is 3. The Kier molecular flexibility index (Phi) is 3.55. The van der Waals surface area contributed by atoms with Crippen LogP contribution in [0.5, 0.6) is 5.75 Å². The molecule has 5 rings (SSSR count). The summed E-state index contributed by atoms with van der Waals surface area (Å²) in [6.07, 6.45) is 1.72. The van der Waals surface area contributed by atoms with Gasteiger partial charge in [0.15, 0.2) is 5.82 Å². The Hall–Kier alpha value is -3.55. The zero-order chi connectivity index (χ0) is 19.4. The molecule has 142 valence electrons. The molecule has 0 saturated heterocycles. The van der Waals surface area contributed by atoms with E-state index >= 15 is 0 Å². The topological polar surface area (TPSA) is 103 Å². The van der Waals surface area contributed by atoms with Crippen molar-refractivity contribution in [1.29, 1.82) is 0 Å². The van der Waals surface area contributed by atoms with Crippen molar-refractivity contribution in [2.75, 3.05) is 18.5 Å². The number of anilines is 1. The van der Waals surface area contributed by atoms with Crippen LogP contribution in [0, 0.1) is 0 Å². The van der Waals surface area contributed by atoms with Gasteiger partial charge in [-0.2, -0.15) is 10.2 Å². The van der Waals surface area contributed by atoms with Crippen LogP contribution in [0.4, 0.5) is 5.69 Å². The van der Waals surface area contributed by atoms with Gasteiger partial charge in [0, 0.05) is 36.4 Å². The van der Waals surface area contributed by atoms with Gasteiger partial charge in [0.1, 0.15) is 5.75 Å². The SMILES string of the molecule is CCc1[nH]nc2cc(O)c(-c3n[nH]c(=O)n3-c3ccc4c(c3)CCN4C)cc12. The average Bonchev–Trinajstić information content (AvgIpc) is 3.37. The number of rotatable bonds is 3. The highest BCUT2D eigenvalue weighted by Crippen LogP contribution is 2.34. The van der Waals surface area contributed by atoms with Gasteiger partial charge in [0.25, 0.3) is 0 Å². The van der Waals surface area contributed by atoms with Crippen molar-refractivity contribution in [3.8, 4) is 22.8 Å². The van der Waals surface area contributed by atoms with Crippen molar-refractivity contribution in [2.24, 2.45) is 0 Å². The molecule has 2 aromatic heterocycles. The second kappa shape index (κ2) is 5.98. The minimum Gasteiger partial charge on any atom is -0.507 e. The Labute approximate surface area is 160 Å². The number of phenols is 1. The zero-order valence-corrected chi connectivity index (χ0v) is 15.7. The van der Waals surface area contributed by atoms with Crippen LogP contribution in [0.3, 0.4) is 0 Å². The first kappa shape index (κ1) is 16.6. The lowest BCUT2D eigenvalue weighted by Gasteiger charge is -2.13. The third-order valence-corrected chi connectivity index (χ3v) is 5.47. The maximum Gasteiger partial charge on any atom is 0.348 e. The summed E-state index contributed by atoms with van der Waals surface area (Å²) >= 11 is 0. The molecule has 0 bridgehead atoms. The molecule has 3 heterocycles. The maximum absolute atomic E-state index is 12.6. The van der Waals surface area contributed by atoms with Crippen LogP contribution in [-0.2, 0) is 12.8 Å². The average molecular weight is 376 g/mol. The van der Waals surface area contributed by atoms with Crippen LogP contribution in [0.15, 0.2) is 35.1 Å². The van der Waals surface area contributed by atoms with Crippen molar-refractivity contribution in [3.63, 3.8) is 0 Å². The van der Waals surface area contributed by atoms with Crippen LogP contribution in [0.1, 0.15) is 18.2 Å². The van der Waals surface area contributed by atoms with Crippen molar-refractivity contribution in [3.05, 3.63) is 52.1 Å². The summed E-state index contributed by atoms with van der Waals surface area (Å²) in [5.41, 5.74) is 4.90. The Balaban J connectivity index is 1.71. The second-order valence-electron chi connectivity index (χ2n) is 7.11. The van der Waals surface area contributed by atoms with E-state index in [0.29, 0.717) is 16.9 Å². The lowest BCUT2D eigenvalue weighted by molar-refractivity contribution is 0.477. The molecule has 0 amide bonds. The smallest absolute Gasteiger partial charge is 0.348 e. The molecule has 1 aliphatic rings. The molecule has 0 saturated carbocycles. The fourth-order valence-corrected chi connectivity index (χ4v) is 3.96. The van der Waals surface area contributed by atoms with E-state index in [4.69, 9.17) is 0 Å². The van der Waals surface area contributed by atoms with Gasteiger partial charge >= 0.3 is 5.69 Å². The Morgan fingerprint density at radius 3 is 2.86 bits per heavy atom. The molecule has 0 unspecified atom stereocenters. The minimum atomic E-state index is -0.344. The first-order chi connectivity index (χ1) is 13.6. The first-order valence-corrected chi connectivity index (χ1v) is 9.29. The van der Waals surface area contributed by atoms with Gasteiger partial charge in [0.2, 0.25) is 0 Å². The van der Waals surface area contributed by atoms with E-state index in [2.05, 4.69) is 32.3 Å². The number of aryl methyl sites for hydroxylation is 1. The summed E-state index contributed by atoms with van der Waals surface area (Å²) in [5.74, 6) is 0.404. The molecule has 2 aromatic carbocycles. The summed E-state index contributed by atoms with van der Waals surface area (Å²) in [6.45, 7) is 3.00. The standard InChI is InChI=1S/C20H20N6O2/c1-3-15-13-9-14(18(27)10-16(13)22-21-15)19-23-24-20(28)26(19)12-4-5-17-11(8-12)6-7-25(17)2/h4-5,8-10,27H,3,6-7H2,1-2H3,(H,21,22)(H,24,28).